The van der Waals surface area contributed by atoms with Crippen molar-refractivity contribution in [1.29, 1.82) is 0 Å². The molecule has 4 heteroatoms. The Morgan fingerprint density at radius 1 is 1.20 bits per heavy atom. The SMILES string of the molecule is Cc1ccc(NC(=S)NN(C)C)cc1C. The van der Waals surface area contributed by atoms with Crippen LogP contribution in [0.5, 0.6) is 0 Å². The van der Waals surface area contributed by atoms with Gasteiger partial charge in [0.25, 0.3) is 0 Å². The van der Waals surface area contributed by atoms with E-state index >= 15 is 0 Å². The van der Waals surface area contributed by atoms with Gasteiger partial charge in [-0.25, -0.2) is 5.01 Å². The first kappa shape index (κ1) is 11.9. The van der Waals surface area contributed by atoms with E-state index in [9.17, 15) is 0 Å². The average Bonchev–Trinajstić information content (AvgIpc) is 2.10. The summed E-state index contributed by atoms with van der Waals surface area (Å²) in [6.07, 6.45) is 0. The van der Waals surface area contributed by atoms with Crippen LogP contribution in [0.1, 0.15) is 11.1 Å². The Morgan fingerprint density at radius 2 is 1.87 bits per heavy atom. The Hall–Kier alpha value is -1.13. The van der Waals surface area contributed by atoms with E-state index in [1.54, 1.807) is 5.01 Å². The lowest BCUT2D eigenvalue weighted by Gasteiger charge is -2.16. The molecule has 0 aromatic heterocycles. The summed E-state index contributed by atoms with van der Waals surface area (Å²) in [6.45, 7) is 4.18. The molecule has 0 bridgehead atoms. The van der Waals surface area contributed by atoms with Gasteiger partial charge in [0.2, 0.25) is 0 Å². The van der Waals surface area contributed by atoms with Gasteiger partial charge in [0, 0.05) is 19.8 Å². The van der Waals surface area contributed by atoms with E-state index < -0.39 is 0 Å². The maximum absolute atomic E-state index is 5.12. The number of hydrogen-bond acceptors (Lipinski definition) is 2. The van der Waals surface area contributed by atoms with Crippen molar-refractivity contribution in [3.8, 4) is 0 Å². The predicted octanol–water partition coefficient (Wildman–Crippen LogP) is 2.07. The Labute approximate surface area is 96.4 Å². The summed E-state index contributed by atoms with van der Waals surface area (Å²) in [7, 11) is 3.79. The number of nitrogens with one attached hydrogen (secondary N) is 2. The highest BCUT2D eigenvalue weighted by Gasteiger charge is 1.99. The van der Waals surface area contributed by atoms with Crippen molar-refractivity contribution in [2.45, 2.75) is 13.8 Å². The molecule has 0 unspecified atom stereocenters. The standard InChI is InChI=1S/C11H17N3S/c1-8-5-6-10(7-9(8)2)12-11(15)13-14(3)4/h5-7H,1-4H3,(H2,12,13,15). The molecular weight excluding hydrogens is 206 g/mol. The van der Waals surface area contributed by atoms with Crippen LogP contribution in [0, 0.1) is 13.8 Å². The number of benzene rings is 1. The fourth-order valence-electron chi connectivity index (χ4n) is 1.18. The van der Waals surface area contributed by atoms with Crippen molar-refractivity contribution >= 4 is 23.0 Å². The summed E-state index contributed by atoms with van der Waals surface area (Å²) < 4.78 is 0. The van der Waals surface area contributed by atoms with Gasteiger partial charge in [-0.3, -0.25) is 5.43 Å². The van der Waals surface area contributed by atoms with Crippen molar-refractivity contribution < 1.29 is 0 Å². The zero-order chi connectivity index (χ0) is 11.4. The van der Waals surface area contributed by atoms with Crippen LogP contribution in [-0.2, 0) is 0 Å². The lowest BCUT2D eigenvalue weighted by molar-refractivity contribution is 0.365. The van der Waals surface area contributed by atoms with Crippen molar-refractivity contribution in [2.75, 3.05) is 19.4 Å². The third-order valence-corrected chi connectivity index (χ3v) is 2.28. The van der Waals surface area contributed by atoms with E-state index in [1.165, 1.54) is 11.1 Å². The molecule has 0 radical (unpaired) electrons. The van der Waals surface area contributed by atoms with Gasteiger partial charge >= 0.3 is 0 Å². The summed E-state index contributed by atoms with van der Waals surface area (Å²) in [5, 5.41) is 5.52. The van der Waals surface area contributed by atoms with Crippen LogP contribution in [0.4, 0.5) is 5.69 Å². The van der Waals surface area contributed by atoms with Gasteiger partial charge in [-0.15, -0.1) is 0 Å². The number of nitrogens with zero attached hydrogens (tertiary/aromatic N) is 1. The Balaban J connectivity index is 2.65. The summed E-state index contributed by atoms with van der Waals surface area (Å²) >= 11 is 5.12. The lowest BCUT2D eigenvalue weighted by Crippen LogP contribution is -2.38. The Kier molecular flexibility index (Phi) is 4.05. The fraction of sp³-hybridized carbons (Fsp3) is 0.364. The normalized spacial score (nSPS) is 10.2. The van der Waals surface area contributed by atoms with Crippen LogP contribution in [0.2, 0.25) is 0 Å². The molecule has 0 aliphatic heterocycles. The van der Waals surface area contributed by atoms with Crippen LogP contribution in [0.15, 0.2) is 18.2 Å². The smallest absolute Gasteiger partial charge is 0.185 e. The predicted molar refractivity (Wildman–Crippen MR) is 69.0 cm³/mol. The van der Waals surface area contributed by atoms with E-state index in [0.717, 1.165) is 5.69 Å². The highest BCUT2D eigenvalue weighted by Crippen LogP contribution is 2.13. The minimum Gasteiger partial charge on any atom is -0.332 e. The number of anilines is 1. The van der Waals surface area contributed by atoms with Gasteiger partial charge in [-0.1, -0.05) is 6.07 Å². The van der Waals surface area contributed by atoms with Gasteiger partial charge in [-0.2, -0.15) is 0 Å². The van der Waals surface area contributed by atoms with Crippen molar-refractivity contribution in [3.63, 3.8) is 0 Å². The largest absolute Gasteiger partial charge is 0.332 e. The molecule has 0 amide bonds. The maximum Gasteiger partial charge on any atom is 0.185 e. The van der Waals surface area contributed by atoms with Crippen molar-refractivity contribution in [1.82, 2.24) is 10.4 Å². The van der Waals surface area contributed by atoms with Crippen molar-refractivity contribution in [3.05, 3.63) is 29.3 Å². The van der Waals surface area contributed by atoms with Crippen molar-refractivity contribution in [2.24, 2.45) is 0 Å². The third kappa shape index (κ3) is 3.85. The van der Waals surface area contributed by atoms with E-state index in [4.69, 9.17) is 12.2 Å². The first-order chi connectivity index (χ1) is 6.99. The molecule has 0 heterocycles. The summed E-state index contributed by atoms with van der Waals surface area (Å²) in [4.78, 5) is 0. The second-order valence-electron chi connectivity index (χ2n) is 3.76. The van der Waals surface area contributed by atoms with E-state index in [1.807, 2.05) is 20.2 Å². The molecule has 0 spiro atoms. The van der Waals surface area contributed by atoms with Gasteiger partial charge < -0.3 is 5.32 Å². The summed E-state index contributed by atoms with van der Waals surface area (Å²) in [5.74, 6) is 0. The second kappa shape index (κ2) is 5.09. The molecule has 15 heavy (non-hydrogen) atoms. The molecule has 1 rings (SSSR count). The number of thiocarbonyl (C=S) groups is 1. The van der Waals surface area contributed by atoms with Crippen LogP contribution in [-0.4, -0.2) is 24.2 Å². The number of hydrogen-bond donors (Lipinski definition) is 2. The second-order valence-corrected chi connectivity index (χ2v) is 4.17. The quantitative estimate of drug-likeness (QED) is 0.593. The molecule has 0 aliphatic rings. The molecule has 2 N–H and O–H groups in total. The number of hydrazine groups is 1. The first-order valence-corrected chi connectivity index (χ1v) is 5.22. The zero-order valence-electron chi connectivity index (χ0n) is 9.59. The van der Waals surface area contributed by atoms with Gasteiger partial charge in [-0.05, 0) is 49.3 Å². The van der Waals surface area contributed by atoms with E-state index in [0.29, 0.717) is 5.11 Å². The monoisotopic (exact) mass is 223 g/mol. The average molecular weight is 223 g/mol. The van der Waals surface area contributed by atoms with Crippen LogP contribution < -0.4 is 10.7 Å². The number of aryl methyl sites for hydroxylation is 2. The number of rotatable bonds is 2. The first-order valence-electron chi connectivity index (χ1n) is 4.81. The molecule has 82 valence electrons. The molecule has 3 nitrogen and oxygen atoms in total. The molecular formula is C11H17N3S. The Morgan fingerprint density at radius 3 is 2.40 bits per heavy atom. The Bertz CT molecular complexity index is 361. The molecule has 0 saturated carbocycles. The minimum atomic E-state index is 0.600. The molecule has 0 aliphatic carbocycles. The molecule has 1 aromatic rings. The highest BCUT2D eigenvalue weighted by molar-refractivity contribution is 7.80. The topological polar surface area (TPSA) is 27.3 Å². The lowest BCUT2D eigenvalue weighted by atomic mass is 10.1. The zero-order valence-corrected chi connectivity index (χ0v) is 10.4. The van der Waals surface area contributed by atoms with Gasteiger partial charge in [0.1, 0.15) is 0 Å². The molecule has 0 atom stereocenters. The maximum atomic E-state index is 5.12. The van der Waals surface area contributed by atoms with Gasteiger partial charge in [0.05, 0.1) is 0 Å². The summed E-state index contributed by atoms with van der Waals surface area (Å²) in [6, 6.07) is 6.18. The fourth-order valence-corrected chi connectivity index (χ4v) is 1.48. The van der Waals surface area contributed by atoms with Gasteiger partial charge in [0.15, 0.2) is 5.11 Å². The third-order valence-electron chi connectivity index (χ3n) is 2.09. The summed E-state index contributed by atoms with van der Waals surface area (Å²) in [5.41, 5.74) is 6.53. The molecule has 1 aromatic carbocycles. The van der Waals surface area contributed by atoms with E-state index in [-0.39, 0.29) is 0 Å². The minimum absolute atomic E-state index is 0.600. The van der Waals surface area contributed by atoms with E-state index in [2.05, 4.69) is 36.7 Å². The van der Waals surface area contributed by atoms with Crippen LogP contribution >= 0.6 is 12.2 Å². The molecule has 0 saturated heterocycles. The van der Waals surface area contributed by atoms with Crippen LogP contribution in [0.25, 0.3) is 0 Å². The van der Waals surface area contributed by atoms with Crippen LogP contribution in [0.3, 0.4) is 0 Å². The molecule has 0 fully saturated rings. The highest BCUT2D eigenvalue weighted by atomic mass is 32.1.